The van der Waals surface area contributed by atoms with Crippen molar-refractivity contribution in [2.75, 3.05) is 19.0 Å². The Morgan fingerprint density at radius 2 is 1.76 bits per heavy atom. The minimum atomic E-state index is -0.484. The topological polar surface area (TPSA) is 41.9 Å². The van der Waals surface area contributed by atoms with Crippen molar-refractivity contribution in [1.82, 2.24) is 0 Å². The number of anilines is 1. The van der Waals surface area contributed by atoms with Gasteiger partial charge in [-0.1, -0.05) is 41.9 Å². The smallest absolute Gasteiger partial charge is 0.363 e. The molecular formula is C20H17ClN2O2. The highest BCUT2D eigenvalue weighted by atomic mass is 35.5. The number of carbonyl (C=O) groups excluding carboxylic acids is 1. The van der Waals surface area contributed by atoms with Gasteiger partial charge in [0, 0.05) is 30.9 Å². The van der Waals surface area contributed by atoms with Crippen LogP contribution in [0.1, 0.15) is 11.1 Å². The zero-order valence-corrected chi connectivity index (χ0v) is 14.7. The molecule has 1 aliphatic heterocycles. The third-order valence-electron chi connectivity index (χ3n) is 3.66. The lowest BCUT2D eigenvalue weighted by atomic mass is 10.2. The van der Waals surface area contributed by atoms with Crippen LogP contribution in [0, 0.1) is 0 Å². The highest BCUT2D eigenvalue weighted by molar-refractivity contribution is 6.32. The molecule has 0 atom stereocenters. The van der Waals surface area contributed by atoms with Gasteiger partial charge in [0.15, 0.2) is 5.70 Å². The number of hydrogen-bond donors (Lipinski definition) is 0. The average molecular weight is 353 g/mol. The van der Waals surface area contributed by atoms with Gasteiger partial charge in [-0.2, -0.15) is 0 Å². The lowest BCUT2D eigenvalue weighted by molar-refractivity contribution is -0.129. The first kappa shape index (κ1) is 17.0. The van der Waals surface area contributed by atoms with E-state index >= 15 is 0 Å². The van der Waals surface area contributed by atoms with Crippen molar-refractivity contribution in [1.29, 1.82) is 0 Å². The van der Waals surface area contributed by atoms with Crippen molar-refractivity contribution < 1.29 is 9.53 Å². The molecule has 0 aliphatic carbocycles. The molecule has 0 bridgehead atoms. The quantitative estimate of drug-likeness (QED) is 0.604. The third-order valence-corrected chi connectivity index (χ3v) is 4.01. The molecule has 5 heteroatoms. The lowest BCUT2D eigenvalue weighted by Crippen LogP contribution is -2.07. The number of hydrogen-bond acceptors (Lipinski definition) is 4. The Labute approximate surface area is 151 Å². The second-order valence-electron chi connectivity index (χ2n) is 5.71. The van der Waals surface area contributed by atoms with Gasteiger partial charge in [-0.25, -0.2) is 9.79 Å². The Morgan fingerprint density at radius 1 is 1.04 bits per heavy atom. The van der Waals surface area contributed by atoms with E-state index in [9.17, 15) is 4.79 Å². The van der Waals surface area contributed by atoms with E-state index in [0.717, 1.165) is 16.8 Å². The van der Waals surface area contributed by atoms with Crippen LogP contribution in [-0.4, -0.2) is 26.0 Å². The van der Waals surface area contributed by atoms with E-state index in [-0.39, 0.29) is 11.6 Å². The van der Waals surface area contributed by atoms with Gasteiger partial charge >= 0.3 is 5.97 Å². The molecule has 0 spiro atoms. The molecule has 2 aromatic rings. The van der Waals surface area contributed by atoms with Gasteiger partial charge in [-0.05, 0) is 41.5 Å². The number of aliphatic imine (C=N–C) groups is 1. The maximum atomic E-state index is 11.9. The van der Waals surface area contributed by atoms with E-state index in [1.165, 1.54) is 0 Å². The molecule has 1 heterocycles. The monoisotopic (exact) mass is 352 g/mol. The molecule has 1 aliphatic rings. The first-order chi connectivity index (χ1) is 12.0. The summed E-state index contributed by atoms with van der Waals surface area (Å²) >= 11 is 6.10. The molecule has 4 nitrogen and oxygen atoms in total. The maximum absolute atomic E-state index is 11.9. The van der Waals surface area contributed by atoms with Crippen LogP contribution in [0.5, 0.6) is 0 Å². The largest absolute Gasteiger partial charge is 0.403 e. The Hall–Kier alpha value is -2.85. The SMILES string of the molecule is CN(C)c1ccc(C=CC2=NC(=Cc3ccccc3Cl)C(=O)O2)cc1. The van der Waals surface area contributed by atoms with E-state index in [2.05, 4.69) is 4.99 Å². The van der Waals surface area contributed by atoms with Crippen molar-refractivity contribution in [3.8, 4) is 0 Å². The van der Waals surface area contributed by atoms with Crippen LogP contribution in [0.3, 0.4) is 0 Å². The summed E-state index contributed by atoms with van der Waals surface area (Å²) in [5.74, 6) is -0.220. The summed E-state index contributed by atoms with van der Waals surface area (Å²) < 4.78 is 5.17. The molecule has 0 N–H and O–H groups in total. The van der Waals surface area contributed by atoms with Gasteiger partial charge in [-0.15, -0.1) is 0 Å². The molecule has 2 aromatic carbocycles. The van der Waals surface area contributed by atoms with Gasteiger partial charge in [0.25, 0.3) is 0 Å². The van der Waals surface area contributed by atoms with E-state index in [4.69, 9.17) is 16.3 Å². The summed E-state index contributed by atoms with van der Waals surface area (Å²) in [5.41, 5.74) is 3.07. The second-order valence-corrected chi connectivity index (χ2v) is 6.12. The average Bonchev–Trinajstić information content (AvgIpc) is 2.95. The molecule has 0 unspecified atom stereocenters. The fraction of sp³-hybridized carbons (Fsp3) is 0.100. The van der Waals surface area contributed by atoms with Crippen molar-refractivity contribution >= 4 is 41.3 Å². The number of ether oxygens (including phenoxy) is 1. The minimum absolute atomic E-state index is 0.232. The highest BCUT2D eigenvalue weighted by Crippen LogP contribution is 2.22. The van der Waals surface area contributed by atoms with Crippen molar-refractivity contribution in [3.63, 3.8) is 0 Å². The molecule has 0 radical (unpaired) electrons. The summed E-state index contributed by atoms with van der Waals surface area (Å²) in [6, 6.07) is 15.3. The Kier molecular flexibility index (Phi) is 5.00. The van der Waals surface area contributed by atoms with Crippen LogP contribution in [0.25, 0.3) is 12.2 Å². The second kappa shape index (κ2) is 7.36. The van der Waals surface area contributed by atoms with Crippen molar-refractivity contribution in [2.45, 2.75) is 0 Å². The number of carbonyl (C=O) groups is 1. The van der Waals surface area contributed by atoms with Crippen LogP contribution < -0.4 is 4.90 Å². The molecular weight excluding hydrogens is 336 g/mol. The van der Waals surface area contributed by atoms with Crippen LogP contribution in [0.4, 0.5) is 5.69 Å². The fourth-order valence-electron chi connectivity index (χ4n) is 2.29. The predicted octanol–water partition coefficient (Wildman–Crippen LogP) is 4.42. The van der Waals surface area contributed by atoms with Crippen LogP contribution >= 0.6 is 11.6 Å². The van der Waals surface area contributed by atoms with E-state index in [1.54, 1.807) is 18.2 Å². The molecule has 0 fully saturated rings. The van der Waals surface area contributed by atoms with E-state index < -0.39 is 5.97 Å². The molecule has 0 saturated heterocycles. The number of halogens is 1. The summed E-state index contributed by atoms with van der Waals surface area (Å²) in [6.07, 6.45) is 5.15. The lowest BCUT2D eigenvalue weighted by Gasteiger charge is -2.11. The maximum Gasteiger partial charge on any atom is 0.363 e. The Bertz CT molecular complexity index is 881. The highest BCUT2D eigenvalue weighted by Gasteiger charge is 2.21. The minimum Gasteiger partial charge on any atom is -0.403 e. The number of nitrogens with zero attached hydrogens (tertiary/aromatic N) is 2. The zero-order valence-electron chi connectivity index (χ0n) is 13.9. The number of esters is 1. The van der Waals surface area contributed by atoms with Crippen LogP contribution in [0.2, 0.25) is 5.02 Å². The van der Waals surface area contributed by atoms with Gasteiger partial charge < -0.3 is 9.64 Å². The summed E-state index contributed by atoms with van der Waals surface area (Å²) in [4.78, 5) is 18.2. The summed E-state index contributed by atoms with van der Waals surface area (Å²) in [6.45, 7) is 0. The number of rotatable bonds is 4. The van der Waals surface area contributed by atoms with Gasteiger partial charge in [0.05, 0.1) is 0 Å². The molecule has 0 aromatic heterocycles. The Morgan fingerprint density at radius 3 is 2.44 bits per heavy atom. The molecule has 126 valence electrons. The predicted molar refractivity (Wildman–Crippen MR) is 103 cm³/mol. The normalized spacial score (nSPS) is 15.6. The van der Waals surface area contributed by atoms with E-state index in [1.807, 2.05) is 67.5 Å². The van der Waals surface area contributed by atoms with Crippen molar-refractivity contribution in [2.24, 2.45) is 4.99 Å². The third kappa shape index (κ3) is 4.17. The van der Waals surface area contributed by atoms with Crippen molar-refractivity contribution in [3.05, 3.63) is 76.5 Å². The van der Waals surface area contributed by atoms with E-state index in [0.29, 0.717) is 5.02 Å². The van der Waals surface area contributed by atoms with Gasteiger partial charge in [0.2, 0.25) is 5.90 Å². The van der Waals surface area contributed by atoms with Gasteiger partial charge in [0.1, 0.15) is 0 Å². The first-order valence-corrected chi connectivity index (χ1v) is 8.13. The molecule has 3 rings (SSSR count). The first-order valence-electron chi connectivity index (χ1n) is 7.75. The summed E-state index contributed by atoms with van der Waals surface area (Å²) in [7, 11) is 3.98. The standard InChI is InChI=1S/C20H17ClN2O2/c1-23(2)16-10-7-14(8-11-16)9-12-19-22-18(20(24)25-19)13-15-5-3-4-6-17(15)21/h3-13H,1-2H3. The summed E-state index contributed by atoms with van der Waals surface area (Å²) in [5, 5.41) is 0.558. The number of benzene rings is 2. The zero-order chi connectivity index (χ0) is 17.8. The van der Waals surface area contributed by atoms with Gasteiger partial charge in [-0.3, -0.25) is 0 Å². The molecule has 0 saturated carbocycles. The fourth-order valence-corrected chi connectivity index (χ4v) is 2.48. The molecule has 25 heavy (non-hydrogen) atoms. The Balaban J connectivity index is 1.77. The van der Waals surface area contributed by atoms with Crippen LogP contribution in [-0.2, 0) is 9.53 Å². The van der Waals surface area contributed by atoms with Crippen LogP contribution in [0.15, 0.2) is 65.3 Å². The number of cyclic esters (lactones) is 1. The molecule has 0 amide bonds.